The molecule has 6 nitrogen and oxygen atoms in total. The molecular weight excluding hydrogens is 268 g/mol. The zero-order chi connectivity index (χ0) is 14.7. The fourth-order valence-electron chi connectivity index (χ4n) is 3.00. The van der Waals surface area contributed by atoms with E-state index in [1.165, 1.54) is 9.80 Å². The molecule has 1 aromatic heterocycles. The Labute approximate surface area is 123 Å². The normalized spacial score (nSPS) is 22.5. The number of piperazine rings is 1. The maximum absolute atomic E-state index is 12.0. The highest BCUT2D eigenvalue weighted by Gasteiger charge is 2.23. The molecule has 0 amide bonds. The minimum absolute atomic E-state index is 0.0560. The quantitative estimate of drug-likeness (QED) is 0.491. The summed E-state index contributed by atoms with van der Waals surface area (Å²) in [7, 11) is 0. The van der Waals surface area contributed by atoms with Gasteiger partial charge in [0.15, 0.2) is 5.82 Å². The molecule has 3 rings (SSSR count). The Hall–Kier alpha value is -1.76. The fourth-order valence-corrected chi connectivity index (χ4v) is 3.00. The predicted molar refractivity (Wildman–Crippen MR) is 79.4 cm³/mol. The number of aromatic nitrogens is 2. The molecule has 2 heterocycles. The number of H-pyrrole nitrogens is 1. The van der Waals surface area contributed by atoms with E-state index in [9.17, 15) is 4.79 Å². The molecule has 0 aliphatic carbocycles. The van der Waals surface area contributed by atoms with E-state index in [0.29, 0.717) is 5.39 Å². The number of aromatic amines is 1. The molecule has 0 saturated carbocycles. The lowest BCUT2D eigenvalue weighted by atomic mass is 10.2. The summed E-state index contributed by atoms with van der Waals surface area (Å²) in [5, 5.41) is 9.62. The van der Waals surface area contributed by atoms with Crippen molar-refractivity contribution in [2.45, 2.75) is 6.54 Å². The number of aliphatic hydroxyl groups is 1. The van der Waals surface area contributed by atoms with Gasteiger partial charge in [0.05, 0.1) is 17.5 Å². The van der Waals surface area contributed by atoms with Gasteiger partial charge in [0.1, 0.15) is 39.3 Å². The van der Waals surface area contributed by atoms with Crippen LogP contribution in [0.25, 0.3) is 10.9 Å². The highest BCUT2D eigenvalue weighted by molar-refractivity contribution is 5.77. The van der Waals surface area contributed by atoms with Crippen LogP contribution in [0, 0.1) is 0 Å². The maximum atomic E-state index is 12.0. The lowest BCUT2D eigenvalue weighted by Gasteiger charge is -2.28. The molecule has 1 aromatic carbocycles. The van der Waals surface area contributed by atoms with Gasteiger partial charge in [-0.3, -0.25) is 4.79 Å². The molecule has 0 spiro atoms. The van der Waals surface area contributed by atoms with Crippen LogP contribution in [0.4, 0.5) is 0 Å². The number of benzene rings is 1. The molecule has 1 fully saturated rings. The van der Waals surface area contributed by atoms with Crippen LogP contribution < -0.4 is 15.4 Å². The van der Waals surface area contributed by atoms with Gasteiger partial charge in [0.25, 0.3) is 5.56 Å². The molecule has 2 aromatic rings. The molecule has 1 saturated heterocycles. The van der Waals surface area contributed by atoms with Gasteiger partial charge in [-0.2, -0.15) is 0 Å². The number of nitrogens with one attached hydrogen (secondary N) is 3. The minimum Gasteiger partial charge on any atom is -0.391 e. The van der Waals surface area contributed by atoms with Crippen LogP contribution in [-0.2, 0) is 6.54 Å². The zero-order valence-corrected chi connectivity index (χ0v) is 12.1. The molecule has 0 unspecified atom stereocenters. The predicted octanol–water partition coefficient (Wildman–Crippen LogP) is -2.80. The van der Waals surface area contributed by atoms with Gasteiger partial charge in [0, 0.05) is 0 Å². The number of fused-ring (bicyclic) bond motifs is 1. The average molecular weight is 290 g/mol. The van der Waals surface area contributed by atoms with Crippen LogP contribution >= 0.6 is 0 Å². The Morgan fingerprint density at radius 2 is 1.86 bits per heavy atom. The molecule has 112 valence electrons. The van der Waals surface area contributed by atoms with Gasteiger partial charge in [-0.25, -0.2) is 4.98 Å². The van der Waals surface area contributed by atoms with Crippen molar-refractivity contribution in [3.8, 4) is 0 Å². The Morgan fingerprint density at radius 1 is 1.14 bits per heavy atom. The van der Waals surface area contributed by atoms with Gasteiger partial charge in [-0.1, -0.05) is 12.1 Å². The summed E-state index contributed by atoms with van der Waals surface area (Å²) in [6.07, 6.45) is 0. The van der Waals surface area contributed by atoms with Crippen molar-refractivity contribution in [3.63, 3.8) is 0 Å². The van der Waals surface area contributed by atoms with Crippen LogP contribution in [0.15, 0.2) is 29.1 Å². The highest BCUT2D eigenvalue weighted by Crippen LogP contribution is 2.04. The van der Waals surface area contributed by atoms with E-state index in [1.807, 2.05) is 18.2 Å². The van der Waals surface area contributed by atoms with Crippen molar-refractivity contribution in [1.29, 1.82) is 0 Å². The average Bonchev–Trinajstić information content (AvgIpc) is 2.50. The van der Waals surface area contributed by atoms with E-state index in [2.05, 4.69) is 9.97 Å². The number of hydrogen-bond donors (Lipinski definition) is 4. The summed E-state index contributed by atoms with van der Waals surface area (Å²) in [6, 6.07) is 7.44. The lowest BCUT2D eigenvalue weighted by Crippen LogP contribution is -3.27. The van der Waals surface area contributed by atoms with Crippen LogP contribution in [0.3, 0.4) is 0 Å². The molecule has 0 atom stereocenters. The van der Waals surface area contributed by atoms with Crippen LogP contribution in [0.5, 0.6) is 0 Å². The summed E-state index contributed by atoms with van der Waals surface area (Å²) in [6.45, 7) is 6.06. The highest BCUT2D eigenvalue weighted by atomic mass is 16.3. The van der Waals surface area contributed by atoms with E-state index in [1.54, 1.807) is 6.07 Å². The van der Waals surface area contributed by atoms with Crippen molar-refractivity contribution in [3.05, 3.63) is 40.4 Å². The Balaban J connectivity index is 1.70. The van der Waals surface area contributed by atoms with Gasteiger partial charge in [-0.05, 0) is 12.1 Å². The summed E-state index contributed by atoms with van der Waals surface area (Å²) in [4.78, 5) is 22.4. The van der Waals surface area contributed by atoms with E-state index in [4.69, 9.17) is 5.11 Å². The van der Waals surface area contributed by atoms with Gasteiger partial charge in [0.2, 0.25) is 0 Å². The standard InChI is InChI=1S/C15H20N4O2/c20-10-9-18-5-7-19(8-6-18)11-14-16-13-4-2-1-3-12(13)15(21)17-14/h1-4,20H,5-11H2,(H,16,17,21)/p+2. The summed E-state index contributed by atoms with van der Waals surface area (Å²) in [5.74, 6) is 0.763. The van der Waals surface area contributed by atoms with Crippen LogP contribution in [0.2, 0.25) is 0 Å². The van der Waals surface area contributed by atoms with Crippen molar-refractivity contribution in [2.75, 3.05) is 39.3 Å². The number of para-hydroxylation sites is 1. The first-order chi connectivity index (χ1) is 10.3. The molecular formula is C15H22N4O2+2. The lowest BCUT2D eigenvalue weighted by molar-refractivity contribution is -1.02. The number of quaternary nitrogens is 2. The molecule has 0 bridgehead atoms. The van der Waals surface area contributed by atoms with Gasteiger partial charge >= 0.3 is 0 Å². The molecule has 21 heavy (non-hydrogen) atoms. The summed E-state index contributed by atoms with van der Waals surface area (Å²) in [5.41, 5.74) is 0.708. The molecule has 6 heteroatoms. The first kappa shape index (κ1) is 14.2. The number of nitrogens with zero attached hydrogens (tertiary/aromatic N) is 1. The van der Waals surface area contributed by atoms with Crippen molar-refractivity contribution >= 4 is 10.9 Å². The van der Waals surface area contributed by atoms with Crippen LogP contribution in [-0.4, -0.2) is 54.4 Å². The van der Waals surface area contributed by atoms with Crippen LogP contribution in [0.1, 0.15) is 5.82 Å². The second-order valence-electron chi connectivity index (χ2n) is 5.68. The SMILES string of the molecule is O=c1[nH]c(C[NH+]2CC[NH+](CCO)CC2)nc2ccccc12. The first-order valence-corrected chi connectivity index (χ1v) is 7.52. The number of rotatable bonds is 4. The van der Waals surface area contributed by atoms with E-state index in [-0.39, 0.29) is 12.2 Å². The smallest absolute Gasteiger partial charge is 0.258 e. The van der Waals surface area contributed by atoms with E-state index >= 15 is 0 Å². The van der Waals surface area contributed by atoms with Crippen molar-refractivity contribution < 1.29 is 14.9 Å². The Morgan fingerprint density at radius 3 is 2.62 bits per heavy atom. The second-order valence-corrected chi connectivity index (χ2v) is 5.68. The summed E-state index contributed by atoms with van der Waals surface area (Å²) < 4.78 is 0. The molecule has 0 radical (unpaired) electrons. The van der Waals surface area contributed by atoms with Crippen molar-refractivity contribution in [2.24, 2.45) is 0 Å². The molecule has 4 N–H and O–H groups in total. The third kappa shape index (κ3) is 3.29. The Bertz CT molecular complexity index is 662. The third-order valence-electron chi connectivity index (χ3n) is 4.21. The van der Waals surface area contributed by atoms with E-state index in [0.717, 1.165) is 50.6 Å². The topological polar surface area (TPSA) is 74.9 Å². The largest absolute Gasteiger partial charge is 0.391 e. The van der Waals surface area contributed by atoms with E-state index < -0.39 is 0 Å². The number of aliphatic hydroxyl groups excluding tert-OH is 1. The van der Waals surface area contributed by atoms with Crippen molar-refractivity contribution in [1.82, 2.24) is 9.97 Å². The molecule has 1 aliphatic heterocycles. The number of hydrogen-bond acceptors (Lipinski definition) is 3. The fraction of sp³-hybridized carbons (Fsp3) is 0.467. The second kappa shape index (κ2) is 6.34. The minimum atomic E-state index is -0.0560. The summed E-state index contributed by atoms with van der Waals surface area (Å²) >= 11 is 0. The monoisotopic (exact) mass is 290 g/mol. The molecule has 1 aliphatic rings. The van der Waals surface area contributed by atoms with Gasteiger partial charge in [-0.15, -0.1) is 0 Å². The Kier molecular flexibility index (Phi) is 4.28. The maximum Gasteiger partial charge on any atom is 0.258 e. The third-order valence-corrected chi connectivity index (χ3v) is 4.21. The first-order valence-electron chi connectivity index (χ1n) is 7.52. The van der Waals surface area contributed by atoms with Gasteiger partial charge < -0.3 is 19.9 Å². The zero-order valence-electron chi connectivity index (χ0n) is 12.1.